The fraction of sp³-hybridized carbons (Fsp3) is 0.389. The zero-order valence-corrected chi connectivity index (χ0v) is 14.3. The van der Waals surface area contributed by atoms with Gasteiger partial charge >= 0.3 is 0 Å². The molecule has 0 radical (unpaired) electrons. The average Bonchev–Trinajstić information content (AvgIpc) is 2.59. The van der Waals surface area contributed by atoms with E-state index in [4.69, 9.17) is 9.47 Å². The van der Waals surface area contributed by atoms with Gasteiger partial charge in [0, 0.05) is 12.6 Å². The van der Waals surface area contributed by atoms with E-state index in [1.165, 1.54) is 12.3 Å². The molecular formula is C18H21N3O4. The standard InChI is InChI=1S/C18H21N3O4/c1-18(2)12-21(17(23)13-8-16(22)20-19-9-13)10-15(25-18)11-24-14-6-4-3-5-7-14/h3-9,15H,10-12H2,1-2H3,(H,20,22). The van der Waals surface area contributed by atoms with Gasteiger partial charge in [-0.25, -0.2) is 5.10 Å². The monoisotopic (exact) mass is 343 g/mol. The summed E-state index contributed by atoms with van der Waals surface area (Å²) in [5.41, 5.74) is -0.640. The second-order valence-corrected chi connectivity index (χ2v) is 6.64. The molecule has 1 amide bonds. The number of nitrogens with zero attached hydrogens (tertiary/aromatic N) is 2. The minimum atomic E-state index is -0.507. The van der Waals surface area contributed by atoms with Crippen LogP contribution in [0.15, 0.2) is 47.4 Å². The quantitative estimate of drug-likeness (QED) is 0.909. The summed E-state index contributed by atoms with van der Waals surface area (Å²) in [7, 11) is 0. The highest BCUT2D eigenvalue weighted by Gasteiger charge is 2.36. The summed E-state index contributed by atoms with van der Waals surface area (Å²) >= 11 is 0. The summed E-state index contributed by atoms with van der Waals surface area (Å²) in [6, 6.07) is 10.7. The molecule has 3 rings (SSSR count). The van der Waals surface area contributed by atoms with Crippen LogP contribution < -0.4 is 10.3 Å². The summed E-state index contributed by atoms with van der Waals surface area (Å²) in [6.07, 6.45) is 1.10. The number of H-pyrrole nitrogens is 1. The Hall–Kier alpha value is -2.67. The average molecular weight is 343 g/mol. The molecule has 1 unspecified atom stereocenters. The summed E-state index contributed by atoms with van der Waals surface area (Å²) in [4.78, 5) is 25.8. The maximum absolute atomic E-state index is 12.7. The molecule has 2 aromatic rings. The van der Waals surface area contributed by atoms with Gasteiger partial charge in [0.15, 0.2) is 0 Å². The predicted octanol–water partition coefficient (Wildman–Crippen LogP) is 1.47. The van der Waals surface area contributed by atoms with E-state index in [1.807, 2.05) is 44.2 Å². The zero-order chi connectivity index (χ0) is 17.9. The number of hydrogen-bond donors (Lipinski definition) is 1. The third kappa shape index (κ3) is 4.45. The number of morpholine rings is 1. The van der Waals surface area contributed by atoms with Crippen LogP contribution in [-0.2, 0) is 4.74 Å². The van der Waals surface area contributed by atoms with Gasteiger partial charge in [-0.05, 0) is 26.0 Å². The molecule has 0 aliphatic carbocycles. The van der Waals surface area contributed by atoms with Crippen LogP contribution in [0.2, 0.25) is 0 Å². The van der Waals surface area contributed by atoms with Crippen LogP contribution in [0.3, 0.4) is 0 Å². The molecule has 1 aliphatic rings. The van der Waals surface area contributed by atoms with E-state index in [2.05, 4.69) is 10.2 Å². The minimum absolute atomic E-state index is 0.236. The summed E-state index contributed by atoms with van der Waals surface area (Å²) in [5, 5.41) is 5.96. The van der Waals surface area contributed by atoms with Gasteiger partial charge < -0.3 is 14.4 Å². The van der Waals surface area contributed by atoms with E-state index < -0.39 is 11.2 Å². The Morgan fingerprint density at radius 1 is 1.40 bits per heavy atom. The first-order valence-corrected chi connectivity index (χ1v) is 8.13. The Morgan fingerprint density at radius 3 is 2.88 bits per heavy atom. The van der Waals surface area contributed by atoms with Crippen molar-refractivity contribution in [3.63, 3.8) is 0 Å². The van der Waals surface area contributed by atoms with Crippen molar-refractivity contribution in [3.05, 3.63) is 58.5 Å². The van der Waals surface area contributed by atoms with Crippen LogP contribution in [-0.4, -0.2) is 52.4 Å². The van der Waals surface area contributed by atoms with E-state index in [9.17, 15) is 9.59 Å². The molecule has 0 saturated carbocycles. The van der Waals surface area contributed by atoms with Crippen molar-refractivity contribution in [1.82, 2.24) is 15.1 Å². The number of para-hydroxylation sites is 1. The Labute approximate surface area is 145 Å². The lowest BCUT2D eigenvalue weighted by molar-refractivity contribution is -0.136. The summed E-state index contributed by atoms with van der Waals surface area (Å²) in [6.45, 7) is 5.02. The Morgan fingerprint density at radius 2 is 2.16 bits per heavy atom. The zero-order valence-electron chi connectivity index (χ0n) is 14.3. The van der Waals surface area contributed by atoms with Crippen molar-refractivity contribution in [2.75, 3.05) is 19.7 Å². The number of carbonyl (C=O) groups excluding carboxylic acids is 1. The van der Waals surface area contributed by atoms with Gasteiger partial charge in [-0.2, -0.15) is 5.10 Å². The van der Waals surface area contributed by atoms with Gasteiger partial charge in [-0.1, -0.05) is 18.2 Å². The molecule has 132 valence electrons. The number of amides is 1. The molecule has 1 N–H and O–H groups in total. The Balaban J connectivity index is 1.70. The van der Waals surface area contributed by atoms with Crippen LogP contribution in [0.25, 0.3) is 0 Å². The van der Waals surface area contributed by atoms with Crippen molar-refractivity contribution in [2.45, 2.75) is 25.6 Å². The maximum atomic E-state index is 12.7. The van der Waals surface area contributed by atoms with Crippen molar-refractivity contribution in [1.29, 1.82) is 0 Å². The normalized spacial score (nSPS) is 19.4. The first-order chi connectivity index (χ1) is 11.9. The minimum Gasteiger partial charge on any atom is -0.491 e. The Bertz CT molecular complexity index is 788. The second-order valence-electron chi connectivity index (χ2n) is 6.64. The molecular weight excluding hydrogens is 322 g/mol. The van der Waals surface area contributed by atoms with E-state index in [0.29, 0.717) is 19.7 Å². The number of ether oxygens (including phenoxy) is 2. The molecule has 0 spiro atoms. The van der Waals surface area contributed by atoms with E-state index in [1.54, 1.807) is 4.90 Å². The molecule has 7 nitrogen and oxygen atoms in total. The first-order valence-electron chi connectivity index (χ1n) is 8.13. The number of carbonyl (C=O) groups is 1. The number of nitrogens with one attached hydrogen (secondary N) is 1. The lowest BCUT2D eigenvalue weighted by Crippen LogP contribution is -2.56. The largest absolute Gasteiger partial charge is 0.491 e. The fourth-order valence-corrected chi connectivity index (χ4v) is 2.92. The number of rotatable bonds is 4. The molecule has 1 aliphatic heterocycles. The summed E-state index contributed by atoms with van der Waals surface area (Å²) < 4.78 is 11.8. The molecule has 1 saturated heterocycles. The first kappa shape index (κ1) is 17.2. The highest BCUT2D eigenvalue weighted by Crippen LogP contribution is 2.23. The van der Waals surface area contributed by atoms with Gasteiger partial charge in [0.25, 0.3) is 11.5 Å². The van der Waals surface area contributed by atoms with Crippen LogP contribution in [0.5, 0.6) is 5.75 Å². The number of benzene rings is 1. The molecule has 0 bridgehead atoms. The molecule has 1 aromatic heterocycles. The predicted molar refractivity (Wildman–Crippen MR) is 91.7 cm³/mol. The van der Waals surface area contributed by atoms with E-state index in [0.717, 1.165) is 5.75 Å². The number of hydrogen-bond acceptors (Lipinski definition) is 5. The molecule has 7 heteroatoms. The smallest absolute Gasteiger partial charge is 0.264 e. The third-order valence-corrected chi connectivity index (χ3v) is 3.86. The van der Waals surface area contributed by atoms with E-state index in [-0.39, 0.29) is 17.6 Å². The summed E-state index contributed by atoms with van der Waals surface area (Å²) in [5.74, 6) is 0.519. The van der Waals surface area contributed by atoms with Crippen LogP contribution >= 0.6 is 0 Å². The van der Waals surface area contributed by atoms with Gasteiger partial charge in [0.2, 0.25) is 0 Å². The van der Waals surface area contributed by atoms with Crippen molar-refractivity contribution < 1.29 is 14.3 Å². The topological polar surface area (TPSA) is 84.5 Å². The highest BCUT2D eigenvalue weighted by molar-refractivity contribution is 5.93. The maximum Gasteiger partial charge on any atom is 0.264 e. The van der Waals surface area contributed by atoms with Crippen molar-refractivity contribution in [3.8, 4) is 5.75 Å². The third-order valence-electron chi connectivity index (χ3n) is 3.86. The van der Waals surface area contributed by atoms with Crippen LogP contribution in [0.4, 0.5) is 0 Å². The molecule has 2 heterocycles. The second kappa shape index (κ2) is 7.06. The van der Waals surface area contributed by atoms with Gasteiger partial charge in [0.05, 0.1) is 23.9 Å². The number of aromatic nitrogens is 2. The van der Waals surface area contributed by atoms with Crippen molar-refractivity contribution >= 4 is 5.91 Å². The lowest BCUT2D eigenvalue weighted by atomic mass is 10.0. The van der Waals surface area contributed by atoms with Gasteiger partial charge in [-0.15, -0.1) is 0 Å². The SMILES string of the molecule is CC1(C)CN(C(=O)c2cn[nH]c(=O)c2)CC(COc2ccccc2)O1. The van der Waals surface area contributed by atoms with Crippen molar-refractivity contribution in [2.24, 2.45) is 0 Å². The van der Waals surface area contributed by atoms with Gasteiger partial charge in [0.1, 0.15) is 18.5 Å². The van der Waals surface area contributed by atoms with Crippen LogP contribution in [0, 0.1) is 0 Å². The Kier molecular flexibility index (Phi) is 4.85. The highest BCUT2D eigenvalue weighted by atomic mass is 16.5. The lowest BCUT2D eigenvalue weighted by Gasteiger charge is -2.42. The van der Waals surface area contributed by atoms with Crippen LogP contribution in [0.1, 0.15) is 24.2 Å². The molecule has 1 atom stereocenters. The fourth-order valence-electron chi connectivity index (χ4n) is 2.92. The van der Waals surface area contributed by atoms with E-state index >= 15 is 0 Å². The molecule has 25 heavy (non-hydrogen) atoms. The molecule has 1 fully saturated rings. The number of aromatic amines is 1. The van der Waals surface area contributed by atoms with Gasteiger partial charge in [-0.3, -0.25) is 9.59 Å². The molecule has 1 aromatic carbocycles.